The molecule has 1 aromatic heterocycles. The van der Waals surface area contributed by atoms with Gasteiger partial charge < -0.3 is 14.2 Å². The Morgan fingerprint density at radius 1 is 1.17 bits per heavy atom. The number of halogens is 1. The topological polar surface area (TPSA) is 70.4 Å². The maximum atomic E-state index is 13.6. The van der Waals surface area contributed by atoms with Crippen LogP contribution in [0.2, 0.25) is 0 Å². The van der Waals surface area contributed by atoms with E-state index in [1.54, 1.807) is 17.0 Å². The van der Waals surface area contributed by atoms with Crippen LogP contribution >= 0.6 is 0 Å². The molecule has 2 aliphatic heterocycles. The molecule has 35 heavy (non-hydrogen) atoms. The molecule has 1 atom stereocenters. The van der Waals surface area contributed by atoms with Crippen molar-refractivity contribution in [3.63, 3.8) is 0 Å². The van der Waals surface area contributed by atoms with E-state index in [4.69, 9.17) is 9.84 Å². The van der Waals surface area contributed by atoms with Gasteiger partial charge in [-0.1, -0.05) is 26.0 Å². The third kappa shape index (κ3) is 5.97. The molecule has 0 bridgehead atoms. The van der Waals surface area contributed by atoms with Gasteiger partial charge in [-0.15, -0.1) is 0 Å². The van der Waals surface area contributed by atoms with E-state index in [1.807, 2.05) is 43.8 Å². The zero-order valence-electron chi connectivity index (χ0n) is 20.7. The Hall–Kier alpha value is -3.04. The Kier molecular flexibility index (Phi) is 7.97. The molecule has 9 heteroatoms. The second-order valence-corrected chi connectivity index (χ2v) is 9.43. The van der Waals surface area contributed by atoms with Gasteiger partial charge in [-0.25, -0.2) is 9.40 Å². The van der Waals surface area contributed by atoms with Crippen LogP contribution in [0.3, 0.4) is 0 Å². The van der Waals surface area contributed by atoms with Crippen molar-refractivity contribution in [1.29, 1.82) is 0 Å². The maximum Gasteiger partial charge on any atom is 0.262 e. The van der Waals surface area contributed by atoms with Crippen LogP contribution < -0.4 is 0 Å². The highest BCUT2D eigenvalue weighted by Crippen LogP contribution is 2.33. The molecular weight excluding hydrogens is 449 g/mol. The van der Waals surface area contributed by atoms with Crippen molar-refractivity contribution in [2.24, 2.45) is 18.1 Å². The lowest BCUT2D eigenvalue weighted by Crippen LogP contribution is -2.47. The number of morpholine rings is 1. The molecule has 0 saturated carbocycles. The fourth-order valence-corrected chi connectivity index (χ4v) is 4.56. The molecule has 0 N–H and O–H groups in total. The summed E-state index contributed by atoms with van der Waals surface area (Å²) >= 11 is 0. The number of hydrazone groups is 1. The lowest BCUT2D eigenvalue weighted by Gasteiger charge is -2.31. The molecule has 0 aliphatic carbocycles. The van der Waals surface area contributed by atoms with Crippen molar-refractivity contribution in [2.75, 3.05) is 45.9 Å². The first-order valence-electron chi connectivity index (χ1n) is 12.2. The molecule has 1 aromatic carbocycles. The second kappa shape index (κ2) is 11.1. The van der Waals surface area contributed by atoms with Crippen LogP contribution in [0, 0.1) is 11.7 Å². The minimum absolute atomic E-state index is 0.0526. The van der Waals surface area contributed by atoms with Gasteiger partial charge >= 0.3 is 0 Å². The van der Waals surface area contributed by atoms with E-state index in [-0.39, 0.29) is 36.1 Å². The van der Waals surface area contributed by atoms with Crippen LogP contribution in [-0.2, 0) is 21.4 Å². The number of carbonyl (C=O) groups is 2. The summed E-state index contributed by atoms with van der Waals surface area (Å²) in [6.07, 6.45) is 2.45. The van der Waals surface area contributed by atoms with Gasteiger partial charge in [0.05, 0.1) is 30.7 Å². The molecule has 0 radical (unpaired) electrons. The predicted octanol–water partition coefficient (Wildman–Crippen LogP) is 2.66. The maximum absolute atomic E-state index is 13.6. The molecule has 2 aromatic rings. The van der Waals surface area contributed by atoms with E-state index >= 15 is 0 Å². The molecule has 1 saturated heterocycles. The molecule has 4 rings (SSSR count). The summed E-state index contributed by atoms with van der Waals surface area (Å²) in [7, 11) is 1.93. The molecular formula is C26H34FN5O3. The van der Waals surface area contributed by atoms with Crippen LogP contribution in [-0.4, -0.2) is 82.8 Å². The Balaban J connectivity index is 1.55. The van der Waals surface area contributed by atoms with E-state index < -0.39 is 0 Å². The van der Waals surface area contributed by atoms with E-state index in [2.05, 4.69) is 4.90 Å². The van der Waals surface area contributed by atoms with Gasteiger partial charge in [0.15, 0.2) is 0 Å². The average Bonchev–Trinajstić information content (AvgIpc) is 3.48. The SMILES string of the molecule is CC(C)C(=O)N(CCN1CCOCC1)CC(=O)N1N=C(c2cccn2C)CC1c1ccc(F)cc1. The number of amides is 2. The highest BCUT2D eigenvalue weighted by molar-refractivity contribution is 6.02. The predicted molar refractivity (Wildman–Crippen MR) is 131 cm³/mol. The highest BCUT2D eigenvalue weighted by Gasteiger charge is 2.35. The van der Waals surface area contributed by atoms with E-state index in [0.29, 0.717) is 32.7 Å². The number of hydrogen-bond donors (Lipinski definition) is 0. The summed E-state index contributed by atoms with van der Waals surface area (Å²) in [4.78, 5) is 30.5. The summed E-state index contributed by atoms with van der Waals surface area (Å²) in [6.45, 7) is 7.79. The standard InChI is InChI=1S/C26H34FN5O3/c1-19(2)26(34)31(12-11-30-13-15-35-16-14-30)18-25(33)32-24(20-6-8-21(27)9-7-20)17-22(28-32)23-5-4-10-29(23)3/h4-10,19,24H,11-18H2,1-3H3. The Labute approximate surface area is 205 Å². The Morgan fingerprint density at radius 3 is 2.51 bits per heavy atom. The summed E-state index contributed by atoms with van der Waals surface area (Å²) in [5, 5.41) is 6.18. The first-order chi connectivity index (χ1) is 16.8. The smallest absolute Gasteiger partial charge is 0.262 e. The van der Waals surface area contributed by atoms with E-state index in [0.717, 1.165) is 30.1 Å². The third-order valence-electron chi connectivity index (χ3n) is 6.58. The fourth-order valence-electron chi connectivity index (χ4n) is 4.56. The minimum Gasteiger partial charge on any atom is -0.379 e. The molecule has 2 amide bonds. The number of rotatable bonds is 8. The van der Waals surface area contributed by atoms with Crippen LogP contribution in [0.25, 0.3) is 0 Å². The normalized spacial score (nSPS) is 18.7. The third-order valence-corrected chi connectivity index (χ3v) is 6.58. The number of carbonyl (C=O) groups excluding carboxylic acids is 2. The number of aryl methyl sites for hydroxylation is 1. The van der Waals surface area contributed by atoms with Crippen molar-refractivity contribution < 1.29 is 18.7 Å². The van der Waals surface area contributed by atoms with Gasteiger partial charge in [0, 0.05) is 51.8 Å². The highest BCUT2D eigenvalue weighted by atomic mass is 19.1. The van der Waals surface area contributed by atoms with Crippen molar-refractivity contribution in [1.82, 2.24) is 19.4 Å². The summed E-state index contributed by atoms with van der Waals surface area (Å²) in [6, 6.07) is 9.72. The van der Waals surface area contributed by atoms with Gasteiger partial charge in [-0.2, -0.15) is 5.10 Å². The zero-order chi connectivity index (χ0) is 24.9. The van der Waals surface area contributed by atoms with Gasteiger partial charge in [0.2, 0.25) is 5.91 Å². The quantitative estimate of drug-likeness (QED) is 0.579. The summed E-state index contributed by atoms with van der Waals surface area (Å²) in [5.41, 5.74) is 2.52. The number of nitrogens with zero attached hydrogens (tertiary/aromatic N) is 5. The van der Waals surface area contributed by atoms with Crippen molar-refractivity contribution in [3.05, 3.63) is 59.7 Å². The number of aromatic nitrogens is 1. The van der Waals surface area contributed by atoms with Crippen LogP contribution in [0.1, 0.15) is 37.6 Å². The zero-order valence-corrected chi connectivity index (χ0v) is 20.7. The fraction of sp³-hybridized carbons (Fsp3) is 0.500. The van der Waals surface area contributed by atoms with Crippen molar-refractivity contribution in [2.45, 2.75) is 26.3 Å². The van der Waals surface area contributed by atoms with Crippen LogP contribution in [0.15, 0.2) is 47.7 Å². The number of benzene rings is 1. The molecule has 2 aliphatic rings. The van der Waals surface area contributed by atoms with Gasteiger partial charge in [0.1, 0.15) is 12.4 Å². The van der Waals surface area contributed by atoms with Gasteiger partial charge in [0.25, 0.3) is 5.91 Å². The first kappa shape index (κ1) is 25.1. The first-order valence-corrected chi connectivity index (χ1v) is 12.2. The van der Waals surface area contributed by atoms with Crippen molar-refractivity contribution >= 4 is 17.5 Å². The van der Waals surface area contributed by atoms with E-state index in [9.17, 15) is 14.0 Å². The van der Waals surface area contributed by atoms with Crippen LogP contribution in [0.4, 0.5) is 4.39 Å². The van der Waals surface area contributed by atoms with E-state index in [1.165, 1.54) is 17.1 Å². The minimum atomic E-state index is -0.358. The van der Waals surface area contributed by atoms with Gasteiger partial charge in [-0.3, -0.25) is 14.5 Å². The number of hydrogen-bond acceptors (Lipinski definition) is 5. The van der Waals surface area contributed by atoms with Crippen molar-refractivity contribution in [3.8, 4) is 0 Å². The molecule has 3 heterocycles. The average molecular weight is 484 g/mol. The summed E-state index contributed by atoms with van der Waals surface area (Å²) in [5.74, 6) is -0.860. The largest absolute Gasteiger partial charge is 0.379 e. The molecule has 1 unspecified atom stereocenters. The lowest BCUT2D eigenvalue weighted by atomic mass is 10.0. The molecule has 1 fully saturated rings. The monoisotopic (exact) mass is 483 g/mol. The Bertz CT molecular complexity index is 1060. The van der Waals surface area contributed by atoms with Gasteiger partial charge in [-0.05, 0) is 29.8 Å². The second-order valence-electron chi connectivity index (χ2n) is 9.43. The molecule has 188 valence electrons. The lowest BCUT2D eigenvalue weighted by molar-refractivity contribution is -0.143. The van der Waals surface area contributed by atoms with Crippen LogP contribution in [0.5, 0.6) is 0 Å². The summed E-state index contributed by atoms with van der Waals surface area (Å²) < 4.78 is 21.0. The molecule has 8 nitrogen and oxygen atoms in total. The Morgan fingerprint density at radius 2 is 1.89 bits per heavy atom. The number of ether oxygens (including phenoxy) is 1. The molecule has 0 spiro atoms.